The molecule has 0 spiro atoms. The first-order valence-corrected chi connectivity index (χ1v) is 5.64. The predicted octanol–water partition coefficient (Wildman–Crippen LogP) is 2.37. The van der Waals surface area contributed by atoms with Crippen molar-refractivity contribution in [3.8, 4) is 11.5 Å². The summed E-state index contributed by atoms with van der Waals surface area (Å²) in [6.07, 6.45) is 1.49. The Bertz CT molecular complexity index is 566. The van der Waals surface area contributed by atoms with Gasteiger partial charge >= 0.3 is 5.97 Å². The molecule has 2 rings (SSSR count). The maximum Gasteiger partial charge on any atom is 0.354 e. The van der Waals surface area contributed by atoms with Crippen LogP contribution in [-0.4, -0.2) is 23.2 Å². The molecule has 98 valence electrons. The van der Waals surface area contributed by atoms with Crippen LogP contribution < -0.4 is 9.47 Å². The fraction of sp³-hybridized carbons (Fsp3) is 0.143. The van der Waals surface area contributed by atoms with E-state index in [9.17, 15) is 4.79 Å². The first-order valence-electron chi connectivity index (χ1n) is 5.64. The average molecular weight is 259 g/mol. The van der Waals surface area contributed by atoms with Gasteiger partial charge in [0.1, 0.15) is 23.8 Å². The highest BCUT2D eigenvalue weighted by atomic mass is 16.5. The molecule has 0 radical (unpaired) electrons. The normalized spacial score (nSPS) is 9.95. The van der Waals surface area contributed by atoms with Gasteiger partial charge in [0.15, 0.2) is 0 Å². The zero-order chi connectivity index (χ0) is 13.7. The van der Waals surface area contributed by atoms with Crippen LogP contribution in [0.15, 0.2) is 42.6 Å². The van der Waals surface area contributed by atoms with E-state index in [1.807, 2.05) is 18.2 Å². The third-order valence-corrected chi connectivity index (χ3v) is 2.49. The fourth-order valence-corrected chi connectivity index (χ4v) is 1.49. The number of hydrogen-bond donors (Lipinski definition) is 1. The van der Waals surface area contributed by atoms with Crippen molar-refractivity contribution in [2.45, 2.75) is 6.61 Å². The number of aromatic carboxylic acids is 1. The summed E-state index contributed by atoms with van der Waals surface area (Å²) in [5, 5.41) is 8.73. The Hall–Kier alpha value is -2.56. The number of aromatic nitrogens is 1. The van der Waals surface area contributed by atoms with Crippen LogP contribution >= 0.6 is 0 Å². The summed E-state index contributed by atoms with van der Waals surface area (Å²) in [5.74, 6) is 0.360. The number of carboxylic acid groups (broad SMARTS) is 1. The van der Waals surface area contributed by atoms with Crippen molar-refractivity contribution in [3.05, 3.63) is 53.9 Å². The predicted molar refractivity (Wildman–Crippen MR) is 68.5 cm³/mol. The minimum Gasteiger partial charge on any atom is -0.497 e. The smallest absolute Gasteiger partial charge is 0.354 e. The minimum atomic E-state index is -1.04. The highest BCUT2D eigenvalue weighted by Crippen LogP contribution is 2.19. The topological polar surface area (TPSA) is 68.7 Å². The van der Waals surface area contributed by atoms with Gasteiger partial charge in [-0.25, -0.2) is 9.78 Å². The van der Waals surface area contributed by atoms with Crippen LogP contribution in [0.5, 0.6) is 11.5 Å². The number of rotatable bonds is 5. The molecule has 5 nitrogen and oxygen atoms in total. The first-order chi connectivity index (χ1) is 9.19. The van der Waals surface area contributed by atoms with Gasteiger partial charge in [-0.2, -0.15) is 0 Å². The molecular formula is C14H13NO4. The van der Waals surface area contributed by atoms with E-state index in [4.69, 9.17) is 14.6 Å². The Balaban J connectivity index is 1.99. The van der Waals surface area contributed by atoms with Gasteiger partial charge in [0.05, 0.1) is 7.11 Å². The third kappa shape index (κ3) is 3.45. The van der Waals surface area contributed by atoms with Gasteiger partial charge in [0, 0.05) is 17.8 Å². The summed E-state index contributed by atoms with van der Waals surface area (Å²) in [4.78, 5) is 14.5. The number of carboxylic acids is 1. The molecule has 1 heterocycles. The Kier molecular flexibility index (Phi) is 3.97. The summed E-state index contributed by atoms with van der Waals surface area (Å²) >= 11 is 0. The number of nitrogens with zero attached hydrogens (tertiary/aromatic N) is 1. The molecule has 0 fully saturated rings. The van der Waals surface area contributed by atoms with E-state index >= 15 is 0 Å². The molecule has 1 aromatic carbocycles. The highest BCUT2D eigenvalue weighted by Gasteiger charge is 2.04. The number of ether oxygens (including phenoxy) is 2. The molecule has 1 N–H and O–H groups in total. The number of pyridine rings is 1. The molecular weight excluding hydrogens is 246 g/mol. The van der Waals surface area contributed by atoms with Gasteiger partial charge in [-0.1, -0.05) is 12.1 Å². The second-order valence-electron chi connectivity index (χ2n) is 3.82. The van der Waals surface area contributed by atoms with E-state index in [-0.39, 0.29) is 5.69 Å². The van der Waals surface area contributed by atoms with Crippen LogP contribution in [-0.2, 0) is 6.61 Å². The van der Waals surface area contributed by atoms with Crippen LogP contribution in [0.25, 0.3) is 0 Å². The van der Waals surface area contributed by atoms with Crippen molar-refractivity contribution in [1.82, 2.24) is 4.98 Å². The number of hydrogen-bond acceptors (Lipinski definition) is 4. The molecule has 0 aliphatic heterocycles. The Labute approximate surface area is 110 Å². The maximum atomic E-state index is 10.7. The number of benzene rings is 1. The Morgan fingerprint density at radius 1 is 1.26 bits per heavy atom. The molecule has 0 saturated carbocycles. The second-order valence-corrected chi connectivity index (χ2v) is 3.82. The van der Waals surface area contributed by atoms with Gasteiger partial charge < -0.3 is 14.6 Å². The molecule has 0 amide bonds. The van der Waals surface area contributed by atoms with Gasteiger partial charge in [0.2, 0.25) is 0 Å². The molecule has 1 aromatic heterocycles. The SMILES string of the molecule is COc1cccc(OCc2ccc(C(=O)O)nc2)c1. The molecule has 0 unspecified atom stereocenters. The molecule has 5 heteroatoms. The molecule has 2 aromatic rings. The lowest BCUT2D eigenvalue weighted by molar-refractivity contribution is 0.0690. The van der Waals surface area contributed by atoms with Gasteiger partial charge in [-0.15, -0.1) is 0 Å². The zero-order valence-electron chi connectivity index (χ0n) is 10.4. The van der Waals surface area contributed by atoms with Gasteiger partial charge in [-0.3, -0.25) is 0 Å². The summed E-state index contributed by atoms with van der Waals surface area (Å²) in [5.41, 5.74) is 0.818. The molecule has 0 atom stereocenters. The standard InChI is InChI=1S/C14H13NO4/c1-18-11-3-2-4-12(7-11)19-9-10-5-6-13(14(16)17)15-8-10/h2-8H,9H2,1H3,(H,16,17). The van der Waals surface area contributed by atoms with Crippen LogP contribution in [0, 0.1) is 0 Å². The highest BCUT2D eigenvalue weighted by molar-refractivity contribution is 5.85. The van der Waals surface area contributed by atoms with Crippen molar-refractivity contribution >= 4 is 5.97 Å². The lowest BCUT2D eigenvalue weighted by Gasteiger charge is -2.07. The van der Waals surface area contributed by atoms with E-state index in [0.29, 0.717) is 12.4 Å². The zero-order valence-corrected chi connectivity index (χ0v) is 10.4. The fourth-order valence-electron chi connectivity index (χ4n) is 1.49. The van der Waals surface area contributed by atoms with Crippen LogP contribution in [0.2, 0.25) is 0 Å². The van der Waals surface area contributed by atoms with E-state index in [0.717, 1.165) is 11.3 Å². The van der Waals surface area contributed by atoms with E-state index in [1.54, 1.807) is 19.2 Å². The van der Waals surface area contributed by atoms with Gasteiger partial charge in [0.25, 0.3) is 0 Å². The number of carbonyl (C=O) groups is 1. The minimum absolute atomic E-state index is 0.0186. The summed E-state index contributed by atoms with van der Waals surface area (Å²) in [6, 6.07) is 10.4. The monoisotopic (exact) mass is 259 g/mol. The van der Waals surface area contributed by atoms with Crippen LogP contribution in [0.1, 0.15) is 16.1 Å². The maximum absolute atomic E-state index is 10.7. The van der Waals surface area contributed by atoms with E-state index < -0.39 is 5.97 Å². The third-order valence-electron chi connectivity index (χ3n) is 2.49. The van der Waals surface area contributed by atoms with E-state index in [2.05, 4.69) is 4.98 Å². The average Bonchev–Trinajstić information content (AvgIpc) is 2.46. The molecule has 0 bridgehead atoms. The molecule has 19 heavy (non-hydrogen) atoms. The van der Waals surface area contributed by atoms with Crippen molar-refractivity contribution < 1.29 is 19.4 Å². The van der Waals surface area contributed by atoms with E-state index in [1.165, 1.54) is 12.3 Å². The summed E-state index contributed by atoms with van der Waals surface area (Å²) < 4.78 is 10.7. The van der Waals surface area contributed by atoms with Crippen molar-refractivity contribution in [2.24, 2.45) is 0 Å². The van der Waals surface area contributed by atoms with Crippen molar-refractivity contribution in [1.29, 1.82) is 0 Å². The largest absolute Gasteiger partial charge is 0.497 e. The van der Waals surface area contributed by atoms with Crippen LogP contribution in [0.3, 0.4) is 0 Å². The number of methoxy groups -OCH3 is 1. The second kappa shape index (κ2) is 5.86. The molecule has 0 saturated heterocycles. The Morgan fingerprint density at radius 3 is 2.68 bits per heavy atom. The quantitative estimate of drug-likeness (QED) is 0.892. The first kappa shape index (κ1) is 12.9. The summed E-state index contributed by atoms with van der Waals surface area (Å²) in [7, 11) is 1.59. The van der Waals surface area contributed by atoms with Crippen molar-refractivity contribution in [3.63, 3.8) is 0 Å². The molecule has 0 aliphatic carbocycles. The van der Waals surface area contributed by atoms with Gasteiger partial charge in [-0.05, 0) is 18.2 Å². The lowest BCUT2D eigenvalue weighted by atomic mass is 10.2. The Morgan fingerprint density at radius 2 is 2.05 bits per heavy atom. The van der Waals surface area contributed by atoms with Crippen LogP contribution in [0.4, 0.5) is 0 Å². The molecule has 0 aliphatic rings. The summed E-state index contributed by atoms with van der Waals surface area (Å²) in [6.45, 7) is 0.320. The van der Waals surface area contributed by atoms with Crippen molar-refractivity contribution in [2.75, 3.05) is 7.11 Å². The lowest BCUT2D eigenvalue weighted by Crippen LogP contribution is -2.02.